The Morgan fingerprint density at radius 1 is 0.917 bits per heavy atom. The molecule has 2 amide bonds. The minimum Gasteiger partial charge on any atom is -0.325 e. The largest absolute Gasteiger partial charge is 0.325 e. The van der Waals surface area contributed by atoms with Crippen LogP contribution in [0.1, 0.15) is 11.1 Å². The average Bonchev–Trinajstić information content (AvgIpc) is 2.54. The van der Waals surface area contributed by atoms with Gasteiger partial charge >= 0.3 is 0 Å². The SMILES string of the molecule is Cc1ccccc1NC(=O)CSCC(=O)Nc1cccc(Cl)c1C. The first-order valence-corrected chi connectivity index (χ1v) is 8.99. The van der Waals surface area contributed by atoms with Crippen LogP contribution >= 0.6 is 23.4 Å². The summed E-state index contributed by atoms with van der Waals surface area (Å²) in [7, 11) is 0. The molecule has 4 nitrogen and oxygen atoms in total. The quantitative estimate of drug-likeness (QED) is 0.806. The summed E-state index contributed by atoms with van der Waals surface area (Å²) in [4.78, 5) is 23.9. The molecule has 2 aromatic carbocycles. The first-order chi connectivity index (χ1) is 11.5. The van der Waals surface area contributed by atoms with Crippen LogP contribution in [0.2, 0.25) is 5.02 Å². The highest BCUT2D eigenvalue weighted by molar-refractivity contribution is 8.00. The second kappa shape index (κ2) is 8.76. The van der Waals surface area contributed by atoms with Gasteiger partial charge in [-0.25, -0.2) is 0 Å². The molecule has 2 aromatic rings. The zero-order valence-corrected chi connectivity index (χ0v) is 15.1. The van der Waals surface area contributed by atoms with Gasteiger partial charge in [-0.1, -0.05) is 35.9 Å². The Bertz CT molecular complexity index is 750. The standard InChI is InChI=1S/C18H19ClN2O2S/c1-12-6-3-4-8-15(12)20-17(22)10-24-11-18(23)21-16-9-5-7-14(19)13(16)2/h3-9H,10-11H2,1-2H3,(H,20,22)(H,21,23). The molecule has 0 saturated carbocycles. The van der Waals surface area contributed by atoms with Gasteiger partial charge < -0.3 is 10.6 Å². The lowest BCUT2D eigenvalue weighted by atomic mass is 10.2. The first kappa shape index (κ1) is 18.4. The third-order valence-corrected chi connectivity index (χ3v) is 4.77. The fourth-order valence-corrected chi connectivity index (χ4v) is 2.86. The van der Waals surface area contributed by atoms with Gasteiger partial charge in [0.1, 0.15) is 0 Å². The molecule has 2 rings (SSSR count). The Kier molecular flexibility index (Phi) is 6.70. The molecule has 0 aliphatic rings. The average molecular weight is 363 g/mol. The van der Waals surface area contributed by atoms with Gasteiger partial charge in [-0.2, -0.15) is 0 Å². The summed E-state index contributed by atoms with van der Waals surface area (Å²) in [5.74, 6) is 0.138. The maximum absolute atomic E-state index is 12.0. The number of nitrogens with one attached hydrogen (secondary N) is 2. The highest BCUT2D eigenvalue weighted by Gasteiger charge is 2.09. The number of hydrogen-bond acceptors (Lipinski definition) is 3. The molecule has 2 N–H and O–H groups in total. The molecular weight excluding hydrogens is 344 g/mol. The van der Waals surface area contributed by atoms with Crippen LogP contribution in [0, 0.1) is 13.8 Å². The van der Waals surface area contributed by atoms with Crippen LogP contribution in [-0.2, 0) is 9.59 Å². The van der Waals surface area contributed by atoms with Gasteiger partial charge in [0.25, 0.3) is 0 Å². The van der Waals surface area contributed by atoms with Crippen molar-refractivity contribution in [1.82, 2.24) is 0 Å². The van der Waals surface area contributed by atoms with Gasteiger partial charge in [-0.3, -0.25) is 9.59 Å². The van der Waals surface area contributed by atoms with E-state index >= 15 is 0 Å². The molecular formula is C18H19ClN2O2S. The molecule has 126 valence electrons. The van der Waals surface area contributed by atoms with E-state index < -0.39 is 0 Å². The monoisotopic (exact) mass is 362 g/mol. The molecule has 0 saturated heterocycles. The number of thioether (sulfide) groups is 1. The van der Waals surface area contributed by atoms with Gasteiger partial charge in [-0.05, 0) is 43.2 Å². The van der Waals surface area contributed by atoms with Gasteiger partial charge in [0.2, 0.25) is 11.8 Å². The first-order valence-electron chi connectivity index (χ1n) is 7.45. The van der Waals surface area contributed by atoms with E-state index in [2.05, 4.69) is 10.6 Å². The molecule has 0 unspecified atom stereocenters. The maximum atomic E-state index is 12.0. The summed E-state index contributed by atoms with van der Waals surface area (Å²) in [5.41, 5.74) is 3.32. The predicted molar refractivity (Wildman–Crippen MR) is 102 cm³/mol. The molecule has 6 heteroatoms. The molecule has 0 aliphatic heterocycles. The topological polar surface area (TPSA) is 58.2 Å². The van der Waals surface area contributed by atoms with Crippen LogP contribution in [0.5, 0.6) is 0 Å². The van der Waals surface area contributed by atoms with Crippen LogP contribution in [0.25, 0.3) is 0 Å². The lowest BCUT2D eigenvalue weighted by molar-refractivity contribution is -0.114. The summed E-state index contributed by atoms with van der Waals surface area (Å²) in [6.07, 6.45) is 0. The number of halogens is 1. The van der Waals surface area contributed by atoms with Crippen molar-refractivity contribution < 1.29 is 9.59 Å². The Labute approximate surface area is 151 Å². The minimum atomic E-state index is -0.158. The van der Waals surface area contributed by atoms with Gasteiger partial charge in [-0.15, -0.1) is 11.8 Å². The third-order valence-electron chi connectivity index (χ3n) is 3.43. The Morgan fingerprint density at radius 2 is 1.50 bits per heavy atom. The highest BCUT2D eigenvalue weighted by atomic mass is 35.5. The number of carbonyl (C=O) groups excluding carboxylic acids is 2. The zero-order chi connectivity index (χ0) is 17.5. The van der Waals surface area contributed by atoms with E-state index in [1.807, 2.05) is 38.1 Å². The lowest BCUT2D eigenvalue weighted by Crippen LogP contribution is -2.19. The normalized spacial score (nSPS) is 10.3. The number of hydrogen-bond donors (Lipinski definition) is 2. The third kappa shape index (κ3) is 5.28. The van der Waals surface area contributed by atoms with Crippen molar-refractivity contribution in [3.8, 4) is 0 Å². The van der Waals surface area contributed by atoms with E-state index in [1.165, 1.54) is 11.8 Å². The smallest absolute Gasteiger partial charge is 0.234 e. The summed E-state index contributed by atoms with van der Waals surface area (Å²) >= 11 is 7.29. The fourth-order valence-electron chi connectivity index (χ4n) is 2.07. The highest BCUT2D eigenvalue weighted by Crippen LogP contribution is 2.23. The minimum absolute atomic E-state index is 0.124. The maximum Gasteiger partial charge on any atom is 0.234 e. The number of rotatable bonds is 6. The van der Waals surface area contributed by atoms with Crippen LogP contribution in [0.3, 0.4) is 0 Å². The zero-order valence-electron chi connectivity index (χ0n) is 13.6. The second-order valence-electron chi connectivity index (χ2n) is 5.32. The summed E-state index contributed by atoms with van der Waals surface area (Å²) in [5, 5.41) is 6.26. The van der Waals surface area contributed by atoms with Crippen molar-refractivity contribution in [1.29, 1.82) is 0 Å². The number of anilines is 2. The number of amides is 2. The molecule has 0 bridgehead atoms. The van der Waals surface area contributed by atoms with Crippen LogP contribution in [0.15, 0.2) is 42.5 Å². The number of carbonyl (C=O) groups is 2. The van der Waals surface area contributed by atoms with E-state index in [4.69, 9.17) is 11.6 Å². The molecule has 0 aromatic heterocycles. The Balaban J connectivity index is 1.77. The Morgan fingerprint density at radius 3 is 2.17 bits per heavy atom. The molecule has 0 radical (unpaired) electrons. The van der Waals surface area contributed by atoms with Crippen LogP contribution in [-0.4, -0.2) is 23.3 Å². The molecule has 0 atom stereocenters. The van der Waals surface area contributed by atoms with E-state index in [0.717, 1.165) is 16.8 Å². The van der Waals surface area contributed by atoms with Crippen molar-refractivity contribution in [2.45, 2.75) is 13.8 Å². The van der Waals surface area contributed by atoms with Crippen molar-refractivity contribution in [2.24, 2.45) is 0 Å². The molecule has 0 heterocycles. The van der Waals surface area contributed by atoms with Crippen molar-refractivity contribution >= 4 is 46.6 Å². The van der Waals surface area contributed by atoms with Crippen molar-refractivity contribution in [3.63, 3.8) is 0 Å². The number of aryl methyl sites for hydroxylation is 1. The molecule has 24 heavy (non-hydrogen) atoms. The summed E-state index contributed by atoms with van der Waals surface area (Å²) < 4.78 is 0. The summed E-state index contributed by atoms with van der Waals surface area (Å²) in [6, 6.07) is 12.9. The van der Waals surface area contributed by atoms with Gasteiger partial charge in [0, 0.05) is 16.4 Å². The van der Waals surface area contributed by atoms with Crippen LogP contribution < -0.4 is 10.6 Å². The number of benzene rings is 2. The predicted octanol–water partition coefficient (Wildman–Crippen LogP) is 4.27. The lowest BCUT2D eigenvalue weighted by Gasteiger charge is -2.10. The van der Waals surface area contributed by atoms with Crippen molar-refractivity contribution in [2.75, 3.05) is 22.1 Å². The van der Waals surface area contributed by atoms with E-state index in [1.54, 1.807) is 18.2 Å². The molecule has 0 spiro atoms. The molecule has 0 aliphatic carbocycles. The second-order valence-corrected chi connectivity index (χ2v) is 6.71. The Hall–Kier alpha value is -1.98. The van der Waals surface area contributed by atoms with Gasteiger partial charge in [0.05, 0.1) is 11.5 Å². The fraction of sp³-hybridized carbons (Fsp3) is 0.222. The van der Waals surface area contributed by atoms with E-state index in [-0.39, 0.29) is 23.3 Å². The summed E-state index contributed by atoms with van der Waals surface area (Å²) in [6.45, 7) is 3.78. The van der Waals surface area contributed by atoms with Crippen LogP contribution in [0.4, 0.5) is 11.4 Å². The van der Waals surface area contributed by atoms with E-state index in [9.17, 15) is 9.59 Å². The van der Waals surface area contributed by atoms with Gasteiger partial charge in [0.15, 0.2) is 0 Å². The van der Waals surface area contributed by atoms with Crippen molar-refractivity contribution in [3.05, 3.63) is 58.6 Å². The number of para-hydroxylation sites is 1. The van der Waals surface area contributed by atoms with E-state index in [0.29, 0.717) is 10.7 Å². The molecule has 0 fully saturated rings.